The summed E-state index contributed by atoms with van der Waals surface area (Å²) in [7, 11) is 0. The molecule has 1 saturated heterocycles. The number of hydrogen-bond donors (Lipinski definition) is 3. The summed E-state index contributed by atoms with van der Waals surface area (Å²) < 4.78 is 0. The van der Waals surface area contributed by atoms with Crippen LogP contribution in [0.5, 0.6) is 0 Å². The predicted octanol–water partition coefficient (Wildman–Crippen LogP) is 1.43. The number of unbranched alkanes of at least 4 members (excludes halogenated alkanes) is 3. The molecule has 1 aliphatic rings. The Hall–Kier alpha value is -0.610. The number of carbonyl (C=O) groups is 1. The zero-order valence-corrected chi connectivity index (χ0v) is 11.7. The quantitative estimate of drug-likeness (QED) is 0.576. The molecule has 3 N–H and O–H groups in total. The number of rotatable bonds is 8. The van der Waals surface area contributed by atoms with Gasteiger partial charge in [0.05, 0.1) is 12.1 Å². The molecule has 18 heavy (non-hydrogen) atoms. The van der Waals surface area contributed by atoms with Crippen molar-refractivity contribution in [1.29, 1.82) is 0 Å². The molecule has 0 radical (unpaired) electrons. The van der Waals surface area contributed by atoms with Crippen molar-refractivity contribution < 1.29 is 9.90 Å². The first-order chi connectivity index (χ1) is 8.59. The van der Waals surface area contributed by atoms with Crippen LogP contribution >= 0.6 is 0 Å². The Bertz CT molecular complexity index is 244. The molecule has 1 heterocycles. The van der Waals surface area contributed by atoms with Crippen molar-refractivity contribution in [2.24, 2.45) is 5.92 Å². The molecule has 0 spiro atoms. The summed E-state index contributed by atoms with van der Waals surface area (Å²) in [6.45, 7) is 5.80. The maximum atomic E-state index is 11.7. The Kier molecular flexibility index (Phi) is 7.28. The highest BCUT2D eigenvalue weighted by Gasteiger charge is 2.27. The fourth-order valence-corrected chi connectivity index (χ4v) is 2.28. The highest BCUT2D eigenvalue weighted by Crippen LogP contribution is 2.09. The van der Waals surface area contributed by atoms with Crippen LogP contribution in [0.25, 0.3) is 0 Å². The SMILES string of the molecule is CC(C)CCCCCCNC(=O)C1CC(O)CN1. The lowest BCUT2D eigenvalue weighted by atomic mass is 10.0. The molecule has 106 valence electrons. The summed E-state index contributed by atoms with van der Waals surface area (Å²) in [5.74, 6) is 0.832. The summed E-state index contributed by atoms with van der Waals surface area (Å²) >= 11 is 0. The van der Waals surface area contributed by atoms with Gasteiger partial charge in [-0.1, -0.05) is 39.5 Å². The van der Waals surface area contributed by atoms with Crippen molar-refractivity contribution in [2.75, 3.05) is 13.1 Å². The topological polar surface area (TPSA) is 61.4 Å². The van der Waals surface area contributed by atoms with Crippen LogP contribution in [-0.2, 0) is 4.79 Å². The first-order valence-corrected chi connectivity index (χ1v) is 7.28. The number of amides is 1. The van der Waals surface area contributed by atoms with Crippen molar-refractivity contribution in [3.63, 3.8) is 0 Å². The van der Waals surface area contributed by atoms with Crippen LogP contribution < -0.4 is 10.6 Å². The molecule has 1 rings (SSSR count). The van der Waals surface area contributed by atoms with Gasteiger partial charge < -0.3 is 15.7 Å². The van der Waals surface area contributed by atoms with Gasteiger partial charge in [-0.15, -0.1) is 0 Å². The molecule has 1 fully saturated rings. The molecule has 0 aromatic rings. The molecule has 0 aromatic carbocycles. The molecule has 0 bridgehead atoms. The second-order valence-electron chi connectivity index (χ2n) is 5.74. The first-order valence-electron chi connectivity index (χ1n) is 7.28. The van der Waals surface area contributed by atoms with E-state index in [2.05, 4.69) is 24.5 Å². The normalized spacial score (nSPS) is 23.6. The van der Waals surface area contributed by atoms with Crippen molar-refractivity contribution in [3.8, 4) is 0 Å². The molecular formula is C14H28N2O2. The second kappa shape index (κ2) is 8.48. The summed E-state index contributed by atoms with van der Waals surface area (Å²) in [5.41, 5.74) is 0. The minimum absolute atomic E-state index is 0.0359. The van der Waals surface area contributed by atoms with Gasteiger partial charge in [0.2, 0.25) is 5.91 Å². The van der Waals surface area contributed by atoms with Crippen LogP contribution in [0.1, 0.15) is 52.4 Å². The van der Waals surface area contributed by atoms with E-state index in [1.165, 1.54) is 25.7 Å². The smallest absolute Gasteiger partial charge is 0.237 e. The fraction of sp³-hybridized carbons (Fsp3) is 0.929. The minimum Gasteiger partial charge on any atom is -0.392 e. The van der Waals surface area contributed by atoms with E-state index in [1.54, 1.807) is 0 Å². The van der Waals surface area contributed by atoms with Gasteiger partial charge in [0.1, 0.15) is 0 Å². The number of nitrogens with one attached hydrogen (secondary N) is 2. The molecule has 1 amide bonds. The lowest BCUT2D eigenvalue weighted by Crippen LogP contribution is -2.40. The maximum Gasteiger partial charge on any atom is 0.237 e. The number of β-amino-alcohol motifs (C(OH)–C–C–N with tert-alkyl or cyclic N) is 1. The molecule has 0 aliphatic carbocycles. The van der Waals surface area contributed by atoms with E-state index in [-0.39, 0.29) is 18.1 Å². The van der Waals surface area contributed by atoms with Crippen molar-refractivity contribution in [3.05, 3.63) is 0 Å². The summed E-state index contributed by atoms with van der Waals surface area (Å²) in [5, 5.41) is 15.3. The van der Waals surface area contributed by atoms with Crippen molar-refractivity contribution in [1.82, 2.24) is 10.6 Å². The lowest BCUT2D eigenvalue weighted by Gasteiger charge is -2.10. The predicted molar refractivity (Wildman–Crippen MR) is 73.3 cm³/mol. The van der Waals surface area contributed by atoms with E-state index in [0.717, 1.165) is 18.9 Å². The Balaban J connectivity index is 1.93. The zero-order chi connectivity index (χ0) is 13.4. The number of aliphatic hydroxyl groups excluding tert-OH is 1. The lowest BCUT2D eigenvalue weighted by molar-refractivity contribution is -0.122. The van der Waals surface area contributed by atoms with E-state index in [4.69, 9.17) is 0 Å². The Morgan fingerprint density at radius 2 is 2.06 bits per heavy atom. The Morgan fingerprint density at radius 1 is 1.33 bits per heavy atom. The molecule has 0 saturated carbocycles. The van der Waals surface area contributed by atoms with Gasteiger partial charge >= 0.3 is 0 Å². The summed E-state index contributed by atoms with van der Waals surface area (Å²) in [6.07, 6.45) is 6.27. The van der Waals surface area contributed by atoms with Crippen LogP contribution in [0.2, 0.25) is 0 Å². The number of carbonyl (C=O) groups excluding carboxylic acids is 1. The van der Waals surface area contributed by atoms with Crippen molar-refractivity contribution >= 4 is 5.91 Å². The van der Waals surface area contributed by atoms with Crippen molar-refractivity contribution in [2.45, 2.75) is 64.5 Å². The monoisotopic (exact) mass is 256 g/mol. The minimum atomic E-state index is -0.364. The van der Waals surface area contributed by atoms with E-state index in [9.17, 15) is 9.90 Å². The molecule has 2 atom stereocenters. The molecule has 2 unspecified atom stereocenters. The van der Waals surface area contributed by atoms with Crippen LogP contribution in [0, 0.1) is 5.92 Å². The number of aliphatic hydroxyl groups is 1. The van der Waals surface area contributed by atoms with Gasteiger partial charge in [-0.05, 0) is 18.8 Å². The molecule has 4 nitrogen and oxygen atoms in total. The van der Waals surface area contributed by atoms with E-state index < -0.39 is 0 Å². The first kappa shape index (κ1) is 15.4. The van der Waals surface area contributed by atoms with Gasteiger partial charge in [-0.25, -0.2) is 0 Å². The largest absolute Gasteiger partial charge is 0.392 e. The van der Waals surface area contributed by atoms with Gasteiger partial charge in [0.25, 0.3) is 0 Å². The maximum absolute atomic E-state index is 11.7. The summed E-state index contributed by atoms with van der Waals surface area (Å²) in [6, 6.07) is -0.194. The van der Waals surface area contributed by atoms with Gasteiger partial charge in [0, 0.05) is 13.1 Å². The van der Waals surface area contributed by atoms with E-state index >= 15 is 0 Å². The van der Waals surface area contributed by atoms with E-state index in [0.29, 0.717) is 13.0 Å². The molecule has 1 aliphatic heterocycles. The Labute approximate surface area is 111 Å². The van der Waals surface area contributed by atoms with Gasteiger partial charge in [0.15, 0.2) is 0 Å². The van der Waals surface area contributed by atoms with Crippen LogP contribution in [-0.4, -0.2) is 36.2 Å². The highest BCUT2D eigenvalue weighted by molar-refractivity contribution is 5.82. The van der Waals surface area contributed by atoms with Gasteiger partial charge in [-0.2, -0.15) is 0 Å². The summed E-state index contributed by atoms with van der Waals surface area (Å²) in [4.78, 5) is 11.7. The fourth-order valence-electron chi connectivity index (χ4n) is 2.28. The third-order valence-corrected chi connectivity index (χ3v) is 3.43. The zero-order valence-electron chi connectivity index (χ0n) is 11.7. The van der Waals surface area contributed by atoms with E-state index in [1.807, 2.05) is 0 Å². The number of hydrogen-bond acceptors (Lipinski definition) is 3. The standard InChI is InChI=1S/C14H28N2O2/c1-11(2)7-5-3-4-6-8-15-14(18)13-9-12(17)10-16-13/h11-13,16-17H,3-10H2,1-2H3,(H,15,18). The third-order valence-electron chi connectivity index (χ3n) is 3.43. The Morgan fingerprint density at radius 3 is 2.67 bits per heavy atom. The average Bonchev–Trinajstić information content (AvgIpc) is 2.74. The van der Waals surface area contributed by atoms with Crippen LogP contribution in [0.4, 0.5) is 0 Å². The van der Waals surface area contributed by atoms with Crippen LogP contribution in [0.3, 0.4) is 0 Å². The second-order valence-corrected chi connectivity index (χ2v) is 5.74. The highest BCUT2D eigenvalue weighted by atomic mass is 16.3. The molecule has 0 aromatic heterocycles. The average molecular weight is 256 g/mol. The van der Waals surface area contributed by atoms with Crippen LogP contribution in [0.15, 0.2) is 0 Å². The molecular weight excluding hydrogens is 228 g/mol. The molecule has 4 heteroatoms. The third kappa shape index (κ3) is 6.36. The van der Waals surface area contributed by atoms with Gasteiger partial charge in [-0.3, -0.25) is 4.79 Å².